The summed E-state index contributed by atoms with van der Waals surface area (Å²) in [7, 11) is 0. The van der Waals surface area contributed by atoms with Gasteiger partial charge < -0.3 is 9.84 Å². The predicted octanol–water partition coefficient (Wildman–Crippen LogP) is 2.61. The monoisotopic (exact) mass is 265 g/mol. The van der Waals surface area contributed by atoms with Gasteiger partial charge in [-0.3, -0.25) is 4.90 Å². The quantitative estimate of drug-likeness (QED) is 0.848. The van der Waals surface area contributed by atoms with Gasteiger partial charge in [0.15, 0.2) is 0 Å². The first-order valence-corrected chi connectivity index (χ1v) is 7.21. The van der Waals surface area contributed by atoms with Gasteiger partial charge in [0.2, 0.25) is 0 Å². The molecular weight excluding hydrogens is 250 g/mol. The van der Waals surface area contributed by atoms with Crippen molar-refractivity contribution in [2.24, 2.45) is 0 Å². The van der Waals surface area contributed by atoms with Gasteiger partial charge in [0.1, 0.15) is 11.4 Å². The molecule has 0 unspecified atom stereocenters. The van der Waals surface area contributed by atoms with Crippen molar-refractivity contribution in [3.8, 4) is 5.75 Å². The van der Waals surface area contributed by atoms with Crippen molar-refractivity contribution < 1.29 is 14.6 Å². The topological polar surface area (TPSA) is 49.8 Å². The molecule has 2 heterocycles. The normalized spacial score (nSPS) is 22.2. The number of nitrogens with zero attached hydrogens (tertiary/aromatic N) is 1. The first kappa shape index (κ1) is 11.7. The van der Waals surface area contributed by atoms with Gasteiger partial charge in [-0.2, -0.15) is 11.8 Å². The molecule has 2 fully saturated rings. The van der Waals surface area contributed by atoms with Gasteiger partial charge >= 0.3 is 6.09 Å². The van der Waals surface area contributed by atoms with E-state index in [1.807, 2.05) is 11.8 Å². The van der Waals surface area contributed by atoms with E-state index in [-0.39, 0.29) is 17.4 Å². The number of carbonyl (C=O) groups excluding carboxylic acids is 1. The lowest BCUT2D eigenvalue weighted by molar-refractivity contribution is 0.0502. The number of hydrogen-bond acceptors (Lipinski definition) is 4. The van der Waals surface area contributed by atoms with Gasteiger partial charge in [-0.25, -0.2) is 4.79 Å². The molecule has 0 bridgehead atoms. The van der Waals surface area contributed by atoms with Crippen molar-refractivity contribution in [3.05, 3.63) is 24.3 Å². The number of hydrogen-bond donors (Lipinski definition) is 1. The minimum atomic E-state index is -0.291. The number of carbonyl (C=O) groups is 1. The van der Waals surface area contributed by atoms with Crippen molar-refractivity contribution in [2.45, 2.75) is 18.4 Å². The van der Waals surface area contributed by atoms with Gasteiger partial charge in [-0.05, 0) is 48.6 Å². The number of thioether (sulfide) groups is 1. The average Bonchev–Trinajstić information content (AvgIpc) is 2.68. The van der Waals surface area contributed by atoms with E-state index < -0.39 is 0 Å². The van der Waals surface area contributed by atoms with Gasteiger partial charge in [0, 0.05) is 5.69 Å². The highest BCUT2D eigenvalue weighted by Gasteiger charge is 2.46. The molecule has 0 atom stereocenters. The fourth-order valence-corrected chi connectivity index (χ4v) is 3.69. The van der Waals surface area contributed by atoms with Crippen LogP contribution in [0.1, 0.15) is 12.8 Å². The number of phenolic OH excluding ortho intramolecular Hbond substituents is 1. The maximum absolute atomic E-state index is 12.0. The van der Waals surface area contributed by atoms with Crippen molar-refractivity contribution in [2.75, 3.05) is 23.0 Å². The van der Waals surface area contributed by atoms with Crippen molar-refractivity contribution >= 4 is 23.5 Å². The summed E-state index contributed by atoms with van der Waals surface area (Å²) >= 11 is 1.91. The number of ether oxygens (including phenoxy) is 1. The van der Waals surface area contributed by atoms with E-state index in [1.165, 1.54) is 0 Å². The third kappa shape index (κ3) is 2.03. The largest absolute Gasteiger partial charge is 0.508 e. The SMILES string of the molecule is O=C1OC2(CCSCC2)CN1c1ccc(O)cc1. The summed E-state index contributed by atoms with van der Waals surface area (Å²) in [4.78, 5) is 13.6. The lowest BCUT2D eigenvalue weighted by Crippen LogP contribution is -2.38. The molecule has 1 spiro atoms. The Morgan fingerprint density at radius 1 is 1.22 bits per heavy atom. The molecule has 0 aliphatic carbocycles. The standard InChI is InChI=1S/C13H15NO3S/c15-11-3-1-10(2-4-11)14-9-13(17-12(14)16)5-7-18-8-6-13/h1-4,15H,5-9H2. The van der Waals surface area contributed by atoms with Crippen LogP contribution in [0.15, 0.2) is 24.3 Å². The molecule has 4 nitrogen and oxygen atoms in total. The third-order valence-electron chi connectivity index (χ3n) is 3.54. The number of amides is 1. The van der Waals surface area contributed by atoms with Crippen LogP contribution in [-0.2, 0) is 4.74 Å². The first-order chi connectivity index (χ1) is 8.69. The predicted molar refractivity (Wildman–Crippen MR) is 71.2 cm³/mol. The first-order valence-electron chi connectivity index (χ1n) is 6.06. The lowest BCUT2D eigenvalue weighted by Gasteiger charge is -2.30. The van der Waals surface area contributed by atoms with Gasteiger partial charge in [0.05, 0.1) is 6.54 Å². The van der Waals surface area contributed by atoms with Crippen LogP contribution < -0.4 is 4.90 Å². The molecule has 1 aromatic rings. The van der Waals surface area contributed by atoms with E-state index in [9.17, 15) is 9.90 Å². The third-order valence-corrected chi connectivity index (χ3v) is 4.52. The highest BCUT2D eigenvalue weighted by atomic mass is 32.2. The molecule has 2 saturated heterocycles. The van der Waals surface area contributed by atoms with Crippen LogP contribution in [-0.4, -0.2) is 34.9 Å². The molecule has 18 heavy (non-hydrogen) atoms. The number of aromatic hydroxyl groups is 1. The Hall–Kier alpha value is -1.36. The maximum Gasteiger partial charge on any atom is 0.415 e. The Balaban J connectivity index is 1.82. The molecule has 1 amide bonds. The molecule has 2 aliphatic rings. The van der Waals surface area contributed by atoms with E-state index in [0.29, 0.717) is 6.54 Å². The number of anilines is 1. The summed E-state index contributed by atoms with van der Waals surface area (Å²) in [6.07, 6.45) is 1.59. The Bertz CT molecular complexity index is 454. The Labute approximate surface area is 110 Å². The maximum atomic E-state index is 12.0. The molecule has 2 aliphatic heterocycles. The van der Waals surface area contributed by atoms with Crippen LogP contribution in [0.25, 0.3) is 0 Å². The Morgan fingerprint density at radius 3 is 2.56 bits per heavy atom. The average molecular weight is 265 g/mol. The van der Waals surface area contributed by atoms with E-state index in [4.69, 9.17) is 4.74 Å². The second-order valence-electron chi connectivity index (χ2n) is 4.77. The van der Waals surface area contributed by atoms with Crippen LogP contribution in [0.3, 0.4) is 0 Å². The number of benzene rings is 1. The number of rotatable bonds is 1. The van der Waals surface area contributed by atoms with Crippen LogP contribution >= 0.6 is 11.8 Å². The second kappa shape index (κ2) is 4.39. The lowest BCUT2D eigenvalue weighted by atomic mass is 9.97. The molecule has 96 valence electrons. The van der Waals surface area contributed by atoms with E-state index in [1.54, 1.807) is 29.2 Å². The van der Waals surface area contributed by atoms with Gasteiger partial charge in [-0.15, -0.1) is 0 Å². The Kier molecular flexibility index (Phi) is 2.86. The fourth-order valence-electron chi connectivity index (χ4n) is 2.46. The summed E-state index contributed by atoms with van der Waals surface area (Å²) < 4.78 is 5.60. The summed E-state index contributed by atoms with van der Waals surface area (Å²) in [5.41, 5.74) is 0.494. The molecular formula is C13H15NO3S. The summed E-state index contributed by atoms with van der Waals surface area (Å²) in [5, 5.41) is 9.27. The Morgan fingerprint density at radius 2 is 1.89 bits per heavy atom. The minimum absolute atomic E-state index is 0.204. The number of phenols is 1. The van der Waals surface area contributed by atoms with Crippen LogP contribution in [0, 0.1) is 0 Å². The van der Waals surface area contributed by atoms with Gasteiger partial charge in [0.25, 0.3) is 0 Å². The molecule has 0 saturated carbocycles. The van der Waals surface area contributed by atoms with Gasteiger partial charge in [-0.1, -0.05) is 0 Å². The summed E-state index contributed by atoms with van der Waals surface area (Å²) in [6, 6.07) is 6.66. The second-order valence-corrected chi connectivity index (χ2v) is 5.99. The summed E-state index contributed by atoms with van der Waals surface area (Å²) in [5.74, 6) is 2.31. The molecule has 1 N–H and O–H groups in total. The van der Waals surface area contributed by atoms with Crippen molar-refractivity contribution in [3.63, 3.8) is 0 Å². The zero-order valence-corrected chi connectivity index (χ0v) is 10.8. The van der Waals surface area contributed by atoms with Crippen LogP contribution in [0.5, 0.6) is 5.75 Å². The minimum Gasteiger partial charge on any atom is -0.508 e. The highest BCUT2D eigenvalue weighted by Crippen LogP contribution is 2.37. The molecule has 5 heteroatoms. The van der Waals surface area contributed by atoms with Crippen molar-refractivity contribution in [1.29, 1.82) is 0 Å². The fraction of sp³-hybridized carbons (Fsp3) is 0.462. The molecule has 0 radical (unpaired) electrons. The van der Waals surface area contributed by atoms with Crippen molar-refractivity contribution in [1.82, 2.24) is 0 Å². The molecule has 1 aromatic carbocycles. The highest BCUT2D eigenvalue weighted by molar-refractivity contribution is 7.99. The van der Waals surface area contributed by atoms with Crippen LogP contribution in [0.4, 0.5) is 10.5 Å². The summed E-state index contributed by atoms with van der Waals surface area (Å²) in [6.45, 7) is 0.622. The zero-order valence-electron chi connectivity index (χ0n) is 9.96. The molecule has 0 aromatic heterocycles. The van der Waals surface area contributed by atoms with Crippen LogP contribution in [0.2, 0.25) is 0 Å². The smallest absolute Gasteiger partial charge is 0.415 e. The zero-order chi connectivity index (χ0) is 12.6. The molecule has 3 rings (SSSR count). The van der Waals surface area contributed by atoms with E-state index in [0.717, 1.165) is 30.0 Å². The van der Waals surface area contributed by atoms with E-state index >= 15 is 0 Å². The van der Waals surface area contributed by atoms with E-state index in [2.05, 4.69) is 0 Å².